The predicted octanol–water partition coefficient (Wildman–Crippen LogP) is 3.82. The van der Waals surface area contributed by atoms with Crippen LogP contribution in [0.4, 0.5) is 0 Å². The molecule has 0 bridgehead atoms. The molecule has 6 heteroatoms. The molecule has 1 spiro atoms. The highest BCUT2D eigenvalue weighted by Gasteiger charge is 2.43. The summed E-state index contributed by atoms with van der Waals surface area (Å²) in [7, 11) is 0. The van der Waals surface area contributed by atoms with E-state index in [1.165, 1.54) is 20.9 Å². The van der Waals surface area contributed by atoms with Crippen LogP contribution in [0.1, 0.15) is 42.5 Å². The van der Waals surface area contributed by atoms with E-state index < -0.39 is 0 Å². The van der Waals surface area contributed by atoms with Crippen molar-refractivity contribution in [3.63, 3.8) is 0 Å². The Morgan fingerprint density at radius 1 is 1.07 bits per heavy atom. The summed E-state index contributed by atoms with van der Waals surface area (Å²) < 4.78 is 6.38. The van der Waals surface area contributed by atoms with Gasteiger partial charge in [0.2, 0.25) is 11.8 Å². The van der Waals surface area contributed by atoms with Crippen molar-refractivity contribution in [1.29, 1.82) is 0 Å². The van der Waals surface area contributed by atoms with E-state index in [0.717, 1.165) is 38.7 Å². The minimum absolute atomic E-state index is 0.0754. The molecular weight excluding hydrogens is 396 g/mol. The highest BCUT2D eigenvalue weighted by atomic mass is 32.1. The van der Waals surface area contributed by atoms with Crippen molar-refractivity contribution in [2.75, 3.05) is 32.8 Å². The second kappa shape index (κ2) is 8.16. The van der Waals surface area contributed by atoms with Gasteiger partial charge in [0.15, 0.2) is 0 Å². The molecular formula is C24H28N2O3S. The van der Waals surface area contributed by atoms with Crippen LogP contribution in [0, 0.1) is 0 Å². The van der Waals surface area contributed by atoms with Crippen molar-refractivity contribution in [1.82, 2.24) is 9.80 Å². The van der Waals surface area contributed by atoms with E-state index in [4.69, 9.17) is 4.74 Å². The third-order valence-electron chi connectivity index (χ3n) is 6.74. The molecule has 1 aromatic heterocycles. The Balaban J connectivity index is 1.29. The lowest BCUT2D eigenvalue weighted by molar-refractivity contribution is -0.147. The van der Waals surface area contributed by atoms with Crippen LogP contribution in [-0.2, 0) is 26.3 Å². The van der Waals surface area contributed by atoms with Crippen LogP contribution >= 0.6 is 11.3 Å². The van der Waals surface area contributed by atoms with Crippen molar-refractivity contribution in [2.24, 2.45) is 0 Å². The summed E-state index contributed by atoms with van der Waals surface area (Å²) in [6, 6.07) is 12.8. The summed E-state index contributed by atoms with van der Waals surface area (Å²) in [6.07, 6.45) is 5.14. The fraction of sp³-hybridized carbons (Fsp3) is 0.500. The van der Waals surface area contributed by atoms with Gasteiger partial charge in [-0.3, -0.25) is 9.59 Å². The van der Waals surface area contributed by atoms with Crippen LogP contribution < -0.4 is 0 Å². The summed E-state index contributed by atoms with van der Waals surface area (Å²) in [5, 5.41) is 0. The van der Waals surface area contributed by atoms with Crippen LogP contribution in [0.5, 0.6) is 0 Å². The quantitative estimate of drug-likeness (QED) is 0.753. The van der Waals surface area contributed by atoms with Crippen molar-refractivity contribution in [3.8, 4) is 10.4 Å². The molecule has 30 heavy (non-hydrogen) atoms. The largest absolute Gasteiger partial charge is 0.370 e. The first-order chi connectivity index (χ1) is 14.6. The van der Waals surface area contributed by atoms with Crippen LogP contribution in [0.25, 0.3) is 10.4 Å². The lowest BCUT2D eigenvalue weighted by atomic mass is 9.82. The average Bonchev–Trinajstić information content (AvgIpc) is 3.23. The number of benzene rings is 1. The Morgan fingerprint density at radius 3 is 2.63 bits per heavy atom. The molecule has 0 unspecified atom stereocenters. The molecule has 4 heterocycles. The van der Waals surface area contributed by atoms with Crippen molar-refractivity contribution < 1.29 is 14.3 Å². The van der Waals surface area contributed by atoms with Gasteiger partial charge >= 0.3 is 0 Å². The van der Waals surface area contributed by atoms with Gasteiger partial charge in [-0.15, -0.1) is 11.3 Å². The lowest BCUT2D eigenvalue weighted by Gasteiger charge is -2.44. The molecule has 0 atom stereocenters. The molecule has 5 rings (SSSR count). The van der Waals surface area contributed by atoms with E-state index >= 15 is 0 Å². The van der Waals surface area contributed by atoms with Crippen LogP contribution in [-0.4, -0.2) is 54.4 Å². The maximum atomic E-state index is 12.8. The van der Waals surface area contributed by atoms with Gasteiger partial charge < -0.3 is 14.5 Å². The SMILES string of the molecule is O=C(CN1CCCCC1=O)N1CCC2(CC1)OCCc1sc(-c3ccccc3)cc12. The van der Waals surface area contributed by atoms with E-state index in [9.17, 15) is 9.59 Å². The number of rotatable bonds is 3. The van der Waals surface area contributed by atoms with E-state index in [-0.39, 0.29) is 24.0 Å². The minimum atomic E-state index is -0.269. The number of hydrogen-bond acceptors (Lipinski definition) is 4. The first-order valence-corrected chi connectivity index (χ1v) is 11.8. The van der Waals surface area contributed by atoms with Gasteiger partial charge in [-0.05, 0) is 42.9 Å². The third kappa shape index (κ3) is 3.67. The Bertz CT molecular complexity index is 931. The van der Waals surface area contributed by atoms with Crippen molar-refractivity contribution >= 4 is 23.2 Å². The molecule has 2 amide bonds. The number of amides is 2. The Hall–Kier alpha value is -2.18. The van der Waals surface area contributed by atoms with E-state index in [1.807, 2.05) is 22.3 Å². The molecule has 0 aliphatic carbocycles. The zero-order valence-electron chi connectivity index (χ0n) is 17.3. The number of ether oxygens (including phenoxy) is 1. The van der Waals surface area contributed by atoms with Crippen molar-refractivity contribution in [3.05, 3.63) is 46.8 Å². The summed E-state index contributed by atoms with van der Waals surface area (Å²) in [6.45, 7) is 3.08. The second-order valence-electron chi connectivity index (χ2n) is 8.56. The van der Waals surface area contributed by atoms with E-state index in [1.54, 1.807) is 4.90 Å². The van der Waals surface area contributed by atoms with Gasteiger partial charge in [-0.25, -0.2) is 0 Å². The molecule has 0 saturated carbocycles. The third-order valence-corrected chi connectivity index (χ3v) is 7.98. The molecule has 0 N–H and O–H groups in total. The number of carbonyl (C=O) groups excluding carboxylic acids is 2. The normalized spacial score (nSPS) is 21.0. The summed E-state index contributed by atoms with van der Waals surface area (Å²) in [5.41, 5.74) is 2.32. The first kappa shape index (κ1) is 19.8. The lowest BCUT2D eigenvalue weighted by Crippen LogP contribution is -2.51. The van der Waals surface area contributed by atoms with Gasteiger partial charge in [0, 0.05) is 42.2 Å². The summed E-state index contributed by atoms with van der Waals surface area (Å²) >= 11 is 1.88. The highest BCUT2D eigenvalue weighted by molar-refractivity contribution is 7.15. The van der Waals surface area contributed by atoms with E-state index in [2.05, 4.69) is 30.3 Å². The minimum Gasteiger partial charge on any atom is -0.370 e. The maximum Gasteiger partial charge on any atom is 0.242 e. The molecule has 3 aliphatic rings. The number of likely N-dealkylation sites (tertiary alicyclic amines) is 2. The number of piperidine rings is 2. The van der Waals surface area contributed by atoms with Gasteiger partial charge in [-0.1, -0.05) is 30.3 Å². The van der Waals surface area contributed by atoms with Gasteiger partial charge in [0.05, 0.1) is 18.8 Å². The van der Waals surface area contributed by atoms with Gasteiger partial charge in [0.25, 0.3) is 0 Å². The molecule has 2 fully saturated rings. The fourth-order valence-electron chi connectivity index (χ4n) is 4.98. The van der Waals surface area contributed by atoms with Crippen LogP contribution in [0.15, 0.2) is 36.4 Å². The zero-order chi connectivity index (χ0) is 20.6. The summed E-state index contributed by atoms with van der Waals surface area (Å²) in [4.78, 5) is 31.2. The Kier molecular flexibility index (Phi) is 5.37. The van der Waals surface area contributed by atoms with Crippen molar-refractivity contribution in [2.45, 2.75) is 44.1 Å². The molecule has 2 aromatic rings. The number of hydrogen-bond donors (Lipinski definition) is 0. The van der Waals surface area contributed by atoms with Gasteiger partial charge in [-0.2, -0.15) is 0 Å². The van der Waals surface area contributed by atoms with Crippen LogP contribution in [0.2, 0.25) is 0 Å². The fourth-order valence-corrected chi connectivity index (χ4v) is 6.22. The topological polar surface area (TPSA) is 49.9 Å². The number of nitrogens with zero attached hydrogens (tertiary/aromatic N) is 2. The molecule has 158 valence electrons. The molecule has 5 nitrogen and oxygen atoms in total. The number of thiophene rings is 1. The predicted molar refractivity (Wildman–Crippen MR) is 117 cm³/mol. The monoisotopic (exact) mass is 424 g/mol. The maximum absolute atomic E-state index is 12.8. The van der Waals surface area contributed by atoms with Crippen LogP contribution in [0.3, 0.4) is 0 Å². The zero-order valence-corrected chi connectivity index (χ0v) is 18.1. The first-order valence-electron chi connectivity index (χ1n) is 11.0. The second-order valence-corrected chi connectivity index (χ2v) is 9.70. The molecule has 1 aromatic carbocycles. The number of carbonyl (C=O) groups is 2. The molecule has 2 saturated heterocycles. The molecule has 0 radical (unpaired) electrons. The average molecular weight is 425 g/mol. The molecule has 3 aliphatic heterocycles. The van der Waals surface area contributed by atoms with Gasteiger partial charge in [0.1, 0.15) is 0 Å². The summed E-state index contributed by atoms with van der Waals surface area (Å²) in [5.74, 6) is 0.196. The Morgan fingerprint density at radius 2 is 1.87 bits per heavy atom. The number of fused-ring (bicyclic) bond motifs is 2. The Labute approximate surface area is 181 Å². The standard InChI is InChI=1S/C24H28N2O3S/c27-22-8-4-5-12-26(22)17-23(28)25-13-10-24(11-14-25)19-16-21(18-6-2-1-3-7-18)30-20(19)9-15-29-24/h1-3,6-7,16H,4-5,8-15,17H2. The smallest absolute Gasteiger partial charge is 0.242 e. The van der Waals surface area contributed by atoms with E-state index in [0.29, 0.717) is 26.1 Å². The highest BCUT2D eigenvalue weighted by Crippen LogP contribution is 2.46.